The maximum atomic E-state index is 6.01. The van der Waals surface area contributed by atoms with Gasteiger partial charge in [0.1, 0.15) is 0 Å². The summed E-state index contributed by atoms with van der Waals surface area (Å²) in [4.78, 5) is 1.18. The molecule has 1 atom stereocenters. The molecule has 4 heteroatoms. The van der Waals surface area contributed by atoms with E-state index in [9.17, 15) is 0 Å². The van der Waals surface area contributed by atoms with E-state index in [4.69, 9.17) is 11.5 Å². The first-order valence-corrected chi connectivity index (χ1v) is 5.52. The van der Waals surface area contributed by atoms with Crippen LogP contribution in [0.5, 0.6) is 0 Å². The molecule has 0 amide bonds. The summed E-state index contributed by atoms with van der Waals surface area (Å²) in [5.41, 5.74) is 11.9. The lowest BCUT2D eigenvalue weighted by Crippen LogP contribution is -2.35. The SMILES string of the molecule is NC(c1ccc(Br)s1)C1(N)CC1. The minimum atomic E-state index is -0.107. The molecule has 4 N–H and O–H groups in total. The highest BCUT2D eigenvalue weighted by Gasteiger charge is 2.45. The second kappa shape index (κ2) is 2.80. The number of nitrogens with two attached hydrogens (primary N) is 2. The molecule has 0 spiro atoms. The molecule has 1 aromatic heterocycles. The third kappa shape index (κ3) is 1.44. The summed E-state index contributed by atoms with van der Waals surface area (Å²) in [6, 6.07) is 4.09. The Kier molecular flexibility index (Phi) is 2.03. The van der Waals surface area contributed by atoms with Gasteiger partial charge in [0.25, 0.3) is 0 Å². The molecule has 1 aliphatic carbocycles. The number of hydrogen-bond acceptors (Lipinski definition) is 3. The molecule has 0 aromatic carbocycles. The smallest absolute Gasteiger partial charge is 0.0702 e. The summed E-state index contributed by atoms with van der Waals surface area (Å²) in [5, 5.41) is 0. The molecular weight excluding hydrogens is 236 g/mol. The molecule has 1 aromatic rings. The van der Waals surface area contributed by atoms with Crippen molar-refractivity contribution >= 4 is 27.3 Å². The summed E-state index contributed by atoms with van der Waals surface area (Å²) in [6.07, 6.45) is 2.12. The lowest BCUT2D eigenvalue weighted by Gasteiger charge is -2.16. The number of rotatable bonds is 2. The standard InChI is InChI=1S/C8H11BrN2S/c9-6-2-1-5(12-6)7(10)8(11)3-4-8/h1-2,7H,3-4,10-11H2. The van der Waals surface area contributed by atoms with Gasteiger partial charge in [-0.2, -0.15) is 0 Å². The van der Waals surface area contributed by atoms with Crippen LogP contribution in [0, 0.1) is 0 Å². The average Bonchev–Trinajstić information content (AvgIpc) is 2.62. The van der Waals surface area contributed by atoms with E-state index in [0.29, 0.717) is 0 Å². The Morgan fingerprint density at radius 1 is 1.50 bits per heavy atom. The minimum Gasteiger partial charge on any atom is -0.323 e. The van der Waals surface area contributed by atoms with Crippen LogP contribution in [0.2, 0.25) is 0 Å². The Morgan fingerprint density at radius 3 is 2.58 bits per heavy atom. The van der Waals surface area contributed by atoms with Crippen molar-refractivity contribution in [1.29, 1.82) is 0 Å². The number of halogens is 1. The van der Waals surface area contributed by atoms with Crippen molar-refractivity contribution in [2.45, 2.75) is 24.4 Å². The van der Waals surface area contributed by atoms with Crippen molar-refractivity contribution in [2.75, 3.05) is 0 Å². The van der Waals surface area contributed by atoms with Crippen LogP contribution in [0.4, 0.5) is 0 Å². The van der Waals surface area contributed by atoms with Crippen LogP contribution in [-0.2, 0) is 0 Å². The van der Waals surface area contributed by atoms with Crippen LogP contribution >= 0.6 is 27.3 Å². The lowest BCUT2D eigenvalue weighted by atomic mass is 10.1. The van der Waals surface area contributed by atoms with E-state index in [0.717, 1.165) is 16.6 Å². The van der Waals surface area contributed by atoms with Gasteiger partial charge in [0, 0.05) is 10.4 Å². The fraction of sp³-hybridized carbons (Fsp3) is 0.500. The molecule has 2 rings (SSSR count). The number of hydrogen-bond donors (Lipinski definition) is 2. The zero-order valence-corrected chi connectivity index (χ0v) is 8.99. The van der Waals surface area contributed by atoms with Crippen LogP contribution in [0.15, 0.2) is 15.9 Å². The monoisotopic (exact) mass is 246 g/mol. The second-order valence-corrected chi connectivity index (χ2v) is 5.85. The largest absolute Gasteiger partial charge is 0.323 e. The lowest BCUT2D eigenvalue weighted by molar-refractivity contribution is 0.543. The van der Waals surface area contributed by atoms with E-state index < -0.39 is 0 Å². The Morgan fingerprint density at radius 2 is 2.17 bits per heavy atom. The number of thiophene rings is 1. The van der Waals surface area contributed by atoms with Gasteiger partial charge in [-0.15, -0.1) is 11.3 Å². The molecule has 66 valence electrons. The van der Waals surface area contributed by atoms with Crippen LogP contribution in [-0.4, -0.2) is 5.54 Å². The molecule has 2 nitrogen and oxygen atoms in total. The van der Waals surface area contributed by atoms with E-state index in [1.807, 2.05) is 12.1 Å². The van der Waals surface area contributed by atoms with Crippen molar-refractivity contribution in [3.05, 3.63) is 20.8 Å². The van der Waals surface area contributed by atoms with Gasteiger partial charge >= 0.3 is 0 Å². The van der Waals surface area contributed by atoms with Crippen molar-refractivity contribution in [3.8, 4) is 0 Å². The molecule has 0 saturated heterocycles. The molecule has 0 radical (unpaired) electrons. The zero-order valence-electron chi connectivity index (χ0n) is 6.59. The highest BCUT2D eigenvalue weighted by Crippen LogP contribution is 2.44. The molecule has 1 unspecified atom stereocenters. The van der Waals surface area contributed by atoms with Crippen molar-refractivity contribution in [1.82, 2.24) is 0 Å². The van der Waals surface area contributed by atoms with Crippen molar-refractivity contribution < 1.29 is 0 Å². The summed E-state index contributed by atoms with van der Waals surface area (Å²) >= 11 is 5.08. The third-order valence-electron chi connectivity index (χ3n) is 2.35. The predicted molar refractivity (Wildman–Crippen MR) is 55.1 cm³/mol. The maximum Gasteiger partial charge on any atom is 0.0702 e. The first-order chi connectivity index (χ1) is 5.62. The predicted octanol–water partition coefficient (Wildman–Crippen LogP) is 2.00. The first-order valence-electron chi connectivity index (χ1n) is 3.91. The van der Waals surface area contributed by atoms with E-state index in [1.165, 1.54) is 4.88 Å². The van der Waals surface area contributed by atoms with E-state index in [2.05, 4.69) is 15.9 Å². The zero-order chi connectivity index (χ0) is 8.77. The second-order valence-electron chi connectivity index (χ2n) is 3.35. The molecule has 0 aliphatic heterocycles. The summed E-state index contributed by atoms with van der Waals surface area (Å²) in [7, 11) is 0. The quantitative estimate of drug-likeness (QED) is 0.839. The van der Waals surface area contributed by atoms with E-state index >= 15 is 0 Å². The Labute approximate surface area is 84.1 Å². The van der Waals surface area contributed by atoms with Gasteiger partial charge in [-0.25, -0.2) is 0 Å². The Bertz CT molecular complexity index is 293. The molecular formula is C8H11BrN2S. The molecule has 1 saturated carbocycles. The first kappa shape index (κ1) is 8.69. The fourth-order valence-electron chi connectivity index (χ4n) is 1.23. The van der Waals surface area contributed by atoms with Gasteiger partial charge in [-0.05, 0) is 40.9 Å². The van der Waals surface area contributed by atoms with E-state index in [-0.39, 0.29) is 11.6 Å². The van der Waals surface area contributed by atoms with Gasteiger partial charge in [0.2, 0.25) is 0 Å². The summed E-state index contributed by atoms with van der Waals surface area (Å²) < 4.78 is 1.12. The van der Waals surface area contributed by atoms with Crippen molar-refractivity contribution in [3.63, 3.8) is 0 Å². The van der Waals surface area contributed by atoms with Crippen LogP contribution < -0.4 is 11.5 Å². The Balaban J connectivity index is 2.19. The van der Waals surface area contributed by atoms with Crippen LogP contribution in [0.1, 0.15) is 23.8 Å². The molecule has 12 heavy (non-hydrogen) atoms. The highest BCUT2D eigenvalue weighted by molar-refractivity contribution is 9.11. The third-order valence-corrected chi connectivity index (χ3v) is 4.05. The molecule has 1 heterocycles. The summed E-state index contributed by atoms with van der Waals surface area (Å²) in [5.74, 6) is 0. The minimum absolute atomic E-state index is 0.0220. The van der Waals surface area contributed by atoms with E-state index in [1.54, 1.807) is 11.3 Å². The normalized spacial score (nSPS) is 22.2. The van der Waals surface area contributed by atoms with Crippen LogP contribution in [0.3, 0.4) is 0 Å². The van der Waals surface area contributed by atoms with Gasteiger partial charge < -0.3 is 11.5 Å². The summed E-state index contributed by atoms with van der Waals surface area (Å²) in [6.45, 7) is 0. The molecule has 1 fully saturated rings. The highest BCUT2D eigenvalue weighted by atomic mass is 79.9. The van der Waals surface area contributed by atoms with Crippen LogP contribution in [0.25, 0.3) is 0 Å². The molecule has 0 bridgehead atoms. The maximum absolute atomic E-state index is 6.01. The van der Waals surface area contributed by atoms with Gasteiger partial charge in [-0.1, -0.05) is 0 Å². The van der Waals surface area contributed by atoms with Gasteiger partial charge in [-0.3, -0.25) is 0 Å². The Hall–Kier alpha value is 0.1000. The topological polar surface area (TPSA) is 52.0 Å². The van der Waals surface area contributed by atoms with Gasteiger partial charge in [0.05, 0.1) is 9.83 Å². The average molecular weight is 247 g/mol. The van der Waals surface area contributed by atoms with Crippen molar-refractivity contribution in [2.24, 2.45) is 11.5 Å². The van der Waals surface area contributed by atoms with Gasteiger partial charge in [0.15, 0.2) is 0 Å². The fourth-order valence-corrected chi connectivity index (χ4v) is 2.79. The molecule has 1 aliphatic rings.